The smallest absolute Gasteiger partial charge is 0.265 e. The molecule has 6 heteroatoms. The zero-order valence-corrected chi connectivity index (χ0v) is 12.7. The molecule has 0 aliphatic heterocycles. The molecule has 3 rings (SSSR count). The molecule has 1 aromatic carbocycles. The minimum absolute atomic E-state index is 0.173. The molecule has 0 fully saturated rings. The van der Waals surface area contributed by atoms with Crippen LogP contribution in [0.25, 0.3) is 16.6 Å². The second kappa shape index (κ2) is 5.36. The summed E-state index contributed by atoms with van der Waals surface area (Å²) in [5.41, 5.74) is 1.78. The standard InChI is InChI=1S/C16H17FN4O/c1-4-20-16(22)15-13(14(19-20)10(2)3)9-18-21(15)12-7-5-11(17)6-8-12/h5-10H,4H2,1-3H3. The van der Waals surface area contributed by atoms with Crippen LogP contribution in [0.5, 0.6) is 0 Å². The summed E-state index contributed by atoms with van der Waals surface area (Å²) < 4.78 is 16.1. The first kappa shape index (κ1) is 14.4. The van der Waals surface area contributed by atoms with Gasteiger partial charge in [0.2, 0.25) is 0 Å². The molecule has 3 aromatic rings. The third-order valence-corrected chi connectivity index (χ3v) is 3.63. The average Bonchev–Trinajstić information content (AvgIpc) is 2.93. The minimum Gasteiger partial charge on any atom is -0.265 e. The summed E-state index contributed by atoms with van der Waals surface area (Å²) in [4.78, 5) is 12.6. The molecule has 0 saturated carbocycles. The van der Waals surface area contributed by atoms with Gasteiger partial charge in [0, 0.05) is 11.9 Å². The third kappa shape index (κ3) is 2.20. The Balaban J connectivity index is 2.36. The van der Waals surface area contributed by atoms with Crippen LogP contribution >= 0.6 is 0 Å². The minimum atomic E-state index is -0.323. The van der Waals surface area contributed by atoms with Crippen molar-refractivity contribution in [1.29, 1.82) is 0 Å². The Kier molecular flexibility index (Phi) is 3.52. The predicted octanol–water partition coefficient (Wildman–Crippen LogP) is 2.86. The van der Waals surface area contributed by atoms with E-state index in [4.69, 9.17) is 0 Å². The van der Waals surface area contributed by atoms with Crippen LogP contribution in [0, 0.1) is 5.82 Å². The molecule has 2 heterocycles. The Morgan fingerprint density at radius 2 is 1.91 bits per heavy atom. The van der Waals surface area contributed by atoms with Gasteiger partial charge in [0.05, 0.1) is 17.6 Å². The number of hydrogen-bond donors (Lipinski definition) is 0. The van der Waals surface area contributed by atoms with E-state index in [1.165, 1.54) is 16.8 Å². The van der Waals surface area contributed by atoms with Crippen molar-refractivity contribution in [3.8, 4) is 5.69 Å². The van der Waals surface area contributed by atoms with Crippen molar-refractivity contribution in [2.75, 3.05) is 0 Å². The normalized spacial score (nSPS) is 11.5. The lowest BCUT2D eigenvalue weighted by Crippen LogP contribution is -2.25. The molecule has 2 aromatic heterocycles. The van der Waals surface area contributed by atoms with Crippen molar-refractivity contribution < 1.29 is 4.39 Å². The van der Waals surface area contributed by atoms with Crippen molar-refractivity contribution in [2.45, 2.75) is 33.2 Å². The van der Waals surface area contributed by atoms with Gasteiger partial charge in [-0.3, -0.25) is 4.79 Å². The molecule has 0 N–H and O–H groups in total. The Bertz CT molecular complexity index is 878. The van der Waals surface area contributed by atoms with Gasteiger partial charge in [-0.05, 0) is 37.1 Å². The van der Waals surface area contributed by atoms with E-state index in [1.807, 2.05) is 20.8 Å². The number of rotatable bonds is 3. The van der Waals surface area contributed by atoms with Crippen LogP contribution in [0.2, 0.25) is 0 Å². The van der Waals surface area contributed by atoms with E-state index in [1.54, 1.807) is 23.0 Å². The van der Waals surface area contributed by atoms with Crippen molar-refractivity contribution in [3.63, 3.8) is 0 Å². The number of nitrogens with zero attached hydrogens (tertiary/aromatic N) is 4. The van der Waals surface area contributed by atoms with E-state index in [0.717, 1.165) is 11.1 Å². The maximum absolute atomic E-state index is 13.1. The molecule has 0 saturated heterocycles. The van der Waals surface area contributed by atoms with E-state index < -0.39 is 0 Å². The van der Waals surface area contributed by atoms with Gasteiger partial charge in [-0.25, -0.2) is 13.8 Å². The molecule has 0 bridgehead atoms. The van der Waals surface area contributed by atoms with Gasteiger partial charge < -0.3 is 0 Å². The van der Waals surface area contributed by atoms with Crippen molar-refractivity contribution in [2.24, 2.45) is 0 Å². The highest BCUT2D eigenvalue weighted by atomic mass is 19.1. The second-order valence-corrected chi connectivity index (χ2v) is 5.46. The van der Waals surface area contributed by atoms with Crippen molar-refractivity contribution in [1.82, 2.24) is 19.6 Å². The van der Waals surface area contributed by atoms with Crippen LogP contribution in [0.3, 0.4) is 0 Å². The highest BCUT2D eigenvalue weighted by Gasteiger charge is 2.18. The molecule has 0 unspecified atom stereocenters. The van der Waals surface area contributed by atoms with E-state index >= 15 is 0 Å². The fraction of sp³-hybridized carbons (Fsp3) is 0.312. The Morgan fingerprint density at radius 1 is 1.23 bits per heavy atom. The quantitative estimate of drug-likeness (QED) is 0.747. The number of aryl methyl sites for hydroxylation is 1. The fourth-order valence-corrected chi connectivity index (χ4v) is 2.51. The van der Waals surface area contributed by atoms with Gasteiger partial charge in [0.15, 0.2) is 0 Å². The van der Waals surface area contributed by atoms with Gasteiger partial charge in [-0.15, -0.1) is 0 Å². The highest BCUT2D eigenvalue weighted by Crippen LogP contribution is 2.22. The zero-order chi connectivity index (χ0) is 15.9. The largest absolute Gasteiger partial charge is 0.293 e. The van der Waals surface area contributed by atoms with Gasteiger partial charge in [-0.1, -0.05) is 13.8 Å². The monoisotopic (exact) mass is 300 g/mol. The van der Waals surface area contributed by atoms with Crippen LogP contribution in [0.1, 0.15) is 32.4 Å². The number of benzene rings is 1. The SMILES string of the molecule is CCn1nc(C(C)C)c2cnn(-c3ccc(F)cc3)c2c1=O. The molecule has 0 spiro atoms. The summed E-state index contributed by atoms with van der Waals surface area (Å²) in [6.07, 6.45) is 1.66. The average molecular weight is 300 g/mol. The molecule has 0 aliphatic carbocycles. The first-order chi connectivity index (χ1) is 10.5. The second-order valence-electron chi connectivity index (χ2n) is 5.46. The van der Waals surface area contributed by atoms with E-state index in [9.17, 15) is 9.18 Å². The Labute approximate surface area is 127 Å². The molecular weight excluding hydrogens is 283 g/mol. The van der Waals surface area contributed by atoms with Crippen molar-refractivity contribution in [3.05, 3.63) is 52.3 Å². The summed E-state index contributed by atoms with van der Waals surface area (Å²) in [5, 5.41) is 9.49. The first-order valence-corrected chi connectivity index (χ1v) is 7.27. The van der Waals surface area contributed by atoms with Crippen LogP contribution in [-0.2, 0) is 6.54 Å². The van der Waals surface area contributed by atoms with Gasteiger partial charge >= 0.3 is 0 Å². The summed E-state index contributed by atoms with van der Waals surface area (Å²) in [6, 6.07) is 5.91. The number of fused-ring (bicyclic) bond motifs is 1. The van der Waals surface area contributed by atoms with Gasteiger partial charge in [0.1, 0.15) is 11.3 Å². The van der Waals surface area contributed by atoms with E-state index in [0.29, 0.717) is 17.7 Å². The lowest BCUT2D eigenvalue weighted by Gasteiger charge is -2.10. The molecule has 114 valence electrons. The number of halogens is 1. The van der Waals surface area contributed by atoms with Gasteiger partial charge in [0.25, 0.3) is 5.56 Å². The molecule has 0 radical (unpaired) electrons. The zero-order valence-electron chi connectivity index (χ0n) is 12.7. The topological polar surface area (TPSA) is 52.7 Å². The summed E-state index contributed by atoms with van der Waals surface area (Å²) in [7, 11) is 0. The molecular formula is C16H17FN4O. The molecule has 0 atom stereocenters. The van der Waals surface area contributed by atoms with Crippen LogP contribution in [-0.4, -0.2) is 19.6 Å². The van der Waals surface area contributed by atoms with Crippen LogP contribution in [0.15, 0.2) is 35.3 Å². The lowest BCUT2D eigenvalue weighted by atomic mass is 10.1. The summed E-state index contributed by atoms with van der Waals surface area (Å²) in [5.74, 6) is -0.150. The molecule has 5 nitrogen and oxygen atoms in total. The van der Waals surface area contributed by atoms with Crippen molar-refractivity contribution >= 4 is 10.9 Å². The molecule has 22 heavy (non-hydrogen) atoms. The maximum Gasteiger partial charge on any atom is 0.293 e. The summed E-state index contributed by atoms with van der Waals surface area (Å²) in [6.45, 7) is 6.43. The van der Waals surface area contributed by atoms with E-state index in [2.05, 4.69) is 10.2 Å². The third-order valence-electron chi connectivity index (χ3n) is 3.63. The molecule has 0 aliphatic rings. The Morgan fingerprint density at radius 3 is 2.50 bits per heavy atom. The Hall–Kier alpha value is -2.50. The van der Waals surface area contributed by atoms with Crippen LogP contribution < -0.4 is 5.56 Å². The predicted molar refractivity (Wildman–Crippen MR) is 82.8 cm³/mol. The molecule has 0 amide bonds. The highest BCUT2D eigenvalue weighted by molar-refractivity contribution is 5.81. The summed E-state index contributed by atoms with van der Waals surface area (Å²) >= 11 is 0. The van der Waals surface area contributed by atoms with Crippen LogP contribution in [0.4, 0.5) is 4.39 Å². The number of hydrogen-bond acceptors (Lipinski definition) is 3. The fourth-order valence-electron chi connectivity index (χ4n) is 2.51. The lowest BCUT2D eigenvalue weighted by molar-refractivity contribution is 0.593. The maximum atomic E-state index is 13.1. The first-order valence-electron chi connectivity index (χ1n) is 7.27. The van der Waals surface area contributed by atoms with Gasteiger partial charge in [-0.2, -0.15) is 10.2 Å². The van der Waals surface area contributed by atoms with E-state index in [-0.39, 0.29) is 17.3 Å². The number of aromatic nitrogens is 4.